The van der Waals surface area contributed by atoms with Crippen molar-refractivity contribution in [2.75, 3.05) is 0 Å². The Morgan fingerprint density at radius 1 is 1.07 bits per heavy atom. The SMILES string of the molecule is NC1(c2c(O)cccc2O)CCCC1. The average Bonchev–Trinajstić information content (AvgIpc) is 2.52. The van der Waals surface area contributed by atoms with Crippen molar-refractivity contribution in [1.29, 1.82) is 0 Å². The molecule has 0 heterocycles. The van der Waals surface area contributed by atoms with Crippen LogP contribution in [0.1, 0.15) is 31.2 Å². The highest BCUT2D eigenvalue weighted by Crippen LogP contribution is 2.44. The van der Waals surface area contributed by atoms with Crippen LogP contribution in [-0.2, 0) is 5.54 Å². The molecule has 4 N–H and O–H groups in total. The predicted octanol–water partition coefficient (Wildman–Crippen LogP) is 1.83. The topological polar surface area (TPSA) is 66.5 Å². The first-order valence-corrected chi connectivity index (χ1v) is 4.94. The normalized spacial score (nSPS) is 19.8. The fraction of sp³-hybridized carbons (Fsp3) is 0.455. The smallest absolute Gasteiger partial charge is 0.124 e. The number of nitrogens with two attached hydrogens (primary N) is 1. The summed E-state index contributed by atoms with van der Waals surface area (Å²) in [5, 5.41) is 19.4. The Bertz CT molecular complexity index is 323. The summed E-state index contributed by atoms with van der Waals surface area (Å²) in [7, 11) is 0. The summed E-state index contributed by atoms with van der Waals surface area (Å²) in [5.41, 5.74) is 6.14. The van der Waals surface area contributed by atoms with Crippen LogP contribution in [0.2, 0.25) is 0 Å². The molecular weight excluding hydrogens is 178 g/mol. The van der Waals surface area contributed by atoms with Crippen LogP contribution in [0.3, 0.4) is 0 Å². The fourth-order valence-corrected chi connectivity index (χ4v) is 2.29. The van der Waals surface area contributed by atoms with Crippen LogP contribution in [0.4, 0.5) is 0 Å². The van der Waals surface area contributed by atoms with Crippen molar-refractivity contribution in [2.24, 2.45) is 5.73 Å². The van der Waals surface area contributed by atoms with Gasteiger partial charge < -0.3 is 15.9 Å². The van der Waals surface area contributed by atoms with Gasteiger partial charge in [-0.05, 0) is 25.0 Å². The Morgan fingerprint density at radius 2 is 1.57 bits per heavy atom. The molecule has 0 radical (unpaired) electrons. The number of phenols is 2. The number of hydrogen-bond acceptors (Lipinski definition) is 3. The fourth-order valence-electron chi connectivity index (χ4n) is 2.29. The molecule has 0 spiro atoms. The third-order valence-corrected chi connectivity index (χ3v) is 3.01. The van der Waals surface area contributed by atoms with Gasteiger partial charge in [-0.3, -0.25) is 0 Å². The van der Waals surface area contributed by atoms with Crippen molar-refractivity contribution in [2.45, 2.75) is 31.2 Å². The van der Waals surface area contributed by atoms with Gasteiger partial charge in [0.15, 0.2) is 0 Å². The standard InChI is InChI=1S/C11H15NO2/c12-11(6-1-2-7-11)10-8(13)4-3-5-9(10)14/h3-5,13-14H,1-2,6-7,12H2. The van der Waals surface area contributed by atoms with E-state index < -0.39 is 5.54 Å². The van der Waals surface area contributed by atoms with E-state index in [-0.39, 0.29) is 11.5 Å². The van der Waals surface area contributed by atoms with Crippen LogP contribution in [0.25, 0.3) is 0 Å². The van der Waals surface area contributed by atoms with Crippen LogP contribution in [0.5, 0.6) is 11.5 Å². The minimum absolute atomic E-state index is 0.106. The van der Waals surface area contributed by atoms with Gasteiger partial charge >= 0.3 is 0 Å². The number of aromatic hydroxyl groups is 2. The van der Waals surface area contributed by atoms with Gasteiger partial charge in [-0.2, -0.15) is 0 Å². The van der Waals surface area contributed by atoms with E-state index in [4.69, 9.17) is 5.73 Å². The molecule has 76 valence electrons. The van der Waals surface area contributed by atoms with Gasteiger partial charge in [0, 0.05) is 5.54 Å². The van der Waals surface area contributed by atoms with Crippen molar-refractivity contribution < 1.29 is 10.2 Å². The molecule has 0 saturated heterocycles. The molecule has 0 bridgehead atoms. The van der Waals surface area contributed by atoms with Crippen molar-refractivity contribution in [1.82, 2.24) is 0 Å². The van der Waals surface area contributed by atoms with E-state index in [0.717, 1.165) is 25.7 Å². The second-order valence-electron chi connectivity index (χ2n) is 4.03. The molecule has 1 aliphatic rings. The molecule has 0 atom stereocenters. The maximum Gasteiger partial charge on any atom is 0.124 e. The molecule has 3 heteroatoms. The van der Waals surface area contributed by atoms with Crippen LogP contribution in [0.15, 0.2) is 18.2 Å². The number of rotatable bonds is 1. The summed E-state index contributed by atoms with van der Waals surface area (Å²) in [5.74, 6) is 0.212. The van der Waals surface area contributed by atoms with Crippen LogP contribution in [0, 0.1) is 0 Å². The van der Waals surface area contributed by atoms with Gasteiger partial charge in [0.05, 0.1) is 5.56 Å². The van der Waals surface area contributed by atoms with Crippen molar-refractivity contribution in [3.05, 3.63) is 23.8 Å². The first kappa shape index (κ1) is 9.34. The zero-order chi connectivity index (χ0) is 10.2. The number of benzene rings is 1. The molecule has 0 aromatic heterocycles. The Labute approximate surface area is 83.2 Å². The Morgan fingerprint density at radius 3 is 2.07 bits per heavy atom. The molecule has 1 aromatic carbocycles. The van der Waals surface area contributed by atoms with Crippen LogP contribution >= 0.6 is 0 Å². The van der Waals surface area contributed by atoms with Crippen molar-refractivity contribution in [3.8, 4) is 11.5 Å². The monoisotopic (exact) mass is 193 g/mol. The number of hydrogen-bond donors (Lipinski definition) is 3. The van der Waals surface area contributed by atoms with Gasteiger partial charge in [0.2, 0.25) is 0 Å². The average molecular weight is 193 g/mol. The van der Waals surface area contributed by atoms with Gasteiger partial charge in [-0.25, -0.2) is 0 Å². The van der Waals surface area contributed by atoms with E-state index in [1.165, 1.54) is 0 Å². The van der Waals surface area contributed by atoms with Gasteiger partial charge in [-0.1, -0.05) is 18.9 Å². The lowest BCUT2D eigenvalue weighted by atomic mass is 9.88. The highest BCUT2D eigenvalue weighted by Gasteiger charge is 2.35. The maximum absolute atomic E-state index is 9.68. The maximum atomic E-state index is 9.68. The predicted molar refractivity (Wildman–Crippen MR) is 54.1 cm³/mol. The van der Waals surface area contributed by atoms with E-state index in [0.29, 0.717) is 5.56 Å². The largest absolute Gasteiger partial charge is 0.507 e. The molecule has 1 aliphatic carbocycles. The molecule has 0 amide bonds. The van der Waals surface area contributed by atoms with E-state index in [1.54, 1.807) is 18.2 Å². The molecule has 0 unspecified atom stereocenters. The molecule has 0 aliphatic heterocycles. The van der Waals surface area contributed by atoms with Crippen molar-refractivity contribution >= 4 is 0 Å². The third-order valence-electron chi connectivity index (χ3n) is 3.01. The first-order valence-electron chi connectivity index (χ1n) is 4.94. The lowest BCUT2D eigenvalue weighted by molar-refractivity contribution is 0.377. The second-order valence-corrected chi connectivity index (χ2v) is 4.03. The minimum atomic E-state index is -0.532. The minimum Gasteiger partial charge on any atom is -0.507 e. The molecule has 3 nitrogen and oxygen atoms in total. The van der Waals surface area contributed by atoms with Gasteiger partial charge in [0.25, 0.3) is 0 Å². The zero-order valence-electron chi connectivity index (χ0n) is 8.03. The summed E-state index contributed by atoms with van der Waals surface area (Å²) < 4.78 is 0. The van der Waals surface area contributed by atoms with E-state index in [9.17, 15) is 10.2 Å². The Hall–Kier alpha value is -1.22. The quantitative estimate of drug-likeness (QED) is 0.637. The summed E-state index contributed by atoms with van der Waals surface area (Å²) >= 11 is 0. The summed E-state index contributed by atoms with van der Waals surface area (Å²) in [4.78, 5) is 0. The second kappa shape index (κ2) is 3.17. The molecular formula is C11H15NO2. The highest BCUT2D eigenvalue weighted by molar-refractivity contribution is 5.48. The summed E-state index contributed by atoms with van der Waals surface area (Å²) in [6.45, 7) is 0. The van der Waals surface area contributed by atoms with Gasteiger partial charge in [0.1, 0.15) is 11.5 Å². The molecule has 1 fully saturated rings. The lowest BCUT2D eigenvalue weighted by Gasteiger charge is -2.25. The highest BCUT2D eigenvalue weighted by atomic mass is 16.3. The molecule has 14 heavy (non-hydrogen) atoms. The first-order chi connectivity index (χ1) is 6.63. The number of phenolic OH excluding ortho intramolecular Hbond substituents is 2. The van der Waals surface area contributed by atoms with Crippen molar-refractivity contribution in [3.63, 3.8) is 0 Å². The van der Waals surface area contributed by atoms with E-state index in [1.807, 2.05) is 0 Å². The Balaban J connectivity index is 2.49. The molecule has 2 rings (SSSR count). The third kappa shape index (κ3) is 1.34. The van der Waals surface area contributed by atoms with E-state index >= 15 is 0 Å². The Kier molecular flexibility index (Phi) is 2.11. The molecule has 1 aromatic rings. The lowest BCUT2D eigenvalue weighted by Crippen LogP contribution is -2.33. The molecule has 1 saturated carbocycles. The van der Waals surface area contributed by atoms with Gasteiger partial charge in [-0.15, -0.1) is 0 Å². The van der Waals surface area contributed by atoms with Crippen LogP contribution < -0.4 is 5.73 Å². The van der Waals surface area contributed by atoms with E-state index in [2.05, 4.69) is 0 Å². The summed E-state index contributed by atoms with van der Waals surface area (Å²) in [6.07, 6.45) is 3.78. The zero-order valence-corrected chi connectivity index (χ0v) is 8.03. The van der Waals surface area contributed by atoms with Crippen LogP contribution in [-0.4, -0.2) is 10.2 Å². The summed E-state index contributed by atoms with van der Waals surface area (Å²) in [6, 6.07) is 4.76.